The van der Waals surface area contributed by atoms with Crippen LogP contribution in [0.25, 0.3) is 0 Å². The second kappa shape index (κ2) is 7.02. The summed E-state index contributed by atoms with van der Waals surface area (Å²) in [6.45, 7) is 8.41. The highest BCUT2D eigenvalue weighted by molar-refractivity contribution is 6.04. The van der Waals surface area contributed by atoms with E-state index in [9.17, 15) is 4.79 Å². The molecule has 2 aromatic rings. The van der Waals surface area contributed by atoms with Crippen LogP contribution in [0.15, 0.2) is 30.5 Å². The van der Waals surface area contributed by atoms with Crippen LogP contribution in [-0.4, -0.2) is 22.5 Å². The van der Waals surface area contributed by atoms with Crippen LogP contribution in [0.1, 0.15) is 48.6 Å². The lowest BCUT2D eigenvalue weighted by Crippen LogP contribution is -2.15. The largest absolute Gasteiger partial charge is 0.494 e. The fraction of sp³-hybridized carbons (Fsp3) is 0.353. The molecule has 1 amide bonds. The summed E-state index contributed by atoms with van der Waals surface area (Å²) in [4.78, 5) is 20.9. The first-order valence-corrected chi connectivity index (χ1v) is 7.39. The van der Waals surface area contributed by atoms with Gasteiger partial charge in [-0.15, -0.1) is 0 Å². The molecule has 1 heterocycles. The minimum atomic E-state index is -0.211. The van der Waals surface area contributed by atoms with Gasteiger partial charge in [-0.2, -0.15) is 0 Å². The van der Waals surface area contributed by atoms with Gasteiger partial charge in [0, 0.05) is 17.8 Å². The number of nitrogens with one attached hydrogen (secondary N) is 1. The molecule has 1 aromatic carbocycles. The Labute approximate surface area is 130 Å². The summed E-state index contributed by atoms with van der Waals surface area (Å²) in [7, 11) is 0. The highest BCUT2D eigenvalue weighted by Crippen LogP contribution is 2.17. The molecule has 5 nitrogen and oxygen atoms in total. The van der Waals surface area contributed by atoms with Gasteiger partial charge in [0.05, 0.1) is 17.9 Å². The predicted octanol–water partition coefficient (Wildman–Crippen LogP) is 3.56. The van der Waals surface area contributed by atoms with Gasteiger partial charge in [0.2, 0.25) is 0 Å². The Bertz CT molecular complexity index is 651. The van der Waals surface area contributed by atoms with Gasteiger partial charge in [0.25, 0.3) is 5.91 Å². The zero-order chi connectivity index (χ0) is 16.1. The topological polar surface area (TPSA) is 64.1 Å². The third-order valence-corrected chi connectivity index (χ3v) is 3.18. The molecule has 0 aliphatic heterocycles. The first kappa shape index (κ1) is 15.9. The van der Waals surface area contributed by atoms with Gasteiger partial charge in [0.15, 0.2) is 0 Å². The Hall–Kier alpha value is -2.43. The first-order chi connectivity index (χ1) is 10.5. The molecule has 0 radical (unpaired) electrons. The average Bonchev–Trinajstić information content (AvgIpc) is 2.49. The summed E-state index contributed by atoms with van der Waals surface area (Å²) in [6.07, 6.45) is 1.58. The molecule has 0 fully saturated rings. The van der Waals surface area contributed by atoms with Crippen molar-refractivity contribution in [1.82, 2.24) is 9.97 Å². The molecule has 5 heteroatoms. The van der Waals surface area contributed by atoms with Crippen LogP contribution in [0.5, 0.6) is 5.75 Å². The number of aryl methyl sites for hydroxylation is 1. The molecule has 0 saturated carbocycles. The van der Waals surface area contributed by atoms with Crippen molar-refractivity contribution in [3.05, 3.63) is 47.5 Å². The van der Waals surface area contributed by atoms with Gasteiger partial charge in [-0.05, 0) is 38.1 Å². The Morgan fingerprint density at radius 2 is 1.95 bits per heavy atom. The van der Waals surface area contributed by atoms with Crippen molar-refractivity contribution in [3.8, 4) is 5.75 Å². The van der Waals surface area contributed by atoms with Crippen LogP contribution in [0, 0.1) is 6.92 Å². The minimum Gasteiger partial charge on any atom is -0.494 e. The number of carbonyl (C=O) groups is 1. The Morgan fingerprint density at radius 1 is 1.27 bits per heavy atom. The Kier molecular flexibility index (Phi) is 5.09. The zero-order valence-electron chi connectivity index (χ0n) is 13.4. The predicted molar refractivity (Wildman–Crippen MR) is 86.4 cm³/mol. The van der Waals surface area contributed by atoms with Crippen molar-refractivity contribution < 1.29 is 9.53 Å². The van der Waals surface area contributed by atoms with Crippen molar-refractivity contribution >= 4 is 11.6 Å². The van der Waals surface area contributed by atoms with E-state index in [0.29, 0.717) is 23.6 Å². The fourth-order valence-corrected chi connectivity index (χ4v) is 1.99. The highest BCUT2D eigenvalue weighted by atomic mass is 16.5. The molecule has 0 bridgehead atoms. The van der Waals surface area contributed by atoms with Crippen LogP contribution < -0.4 is 10.1 Å². The molecule has 0 aliphatic rings. The quantitative estimate of drug-likeness (QED) is 0.917. The third-order valence-electron chi connectivity index (χ3n) is 3.18. The maximum atomic E-state index is 12.3. The molecule has 116 valence electrons. The van der Waals surface area contributed by atoms with Gasteiger partial charge < -0.3 is 10.1 Å². The van der Waals surface area contributed by atoms with E-state index in [-0.39, 0.29) is 11.8 Å². The van der Waals surface area contributed by atoms with E-state index in [1.54, 1.807) is 6.20 Å². The van der Waals surface area contributed by atoms with Crippen molar-refractivity contribution in [2.24, 2.45) is 0 Å². The zero-order valence-corrected chi connectivity index (χ0v) is 13.4. The van der Waals surface area contributed by atoms with E-state index in [1.807, 2.05) is 52.0 Å². The number of aromatic nitrogens is 2. The smallest absolute Gasteiger partial charge is 0.259 e. The monoisotopic (exact) mass is 299 g/mol. The Balaban J connectivity index is 2.11. The summed E-state index contributed by atoms with van der Waals surface area (Å²) < 4.78 is 5.37. The van der Waals surface area contributed by atoms with Crippen molar-refractivity contribution in [3.63, 3.8) is 0 Å². The minimum absolute atomic E-state index is 0.211. The van der Waals surface area contributed by atoms with E-state index < -0.39 is 0 Å². The molecule has 0 unspecified atom stereocenters. The molecule has 0 atom stereocenters. The van der Waals surface area contributed by atoms with Crippen molar-refractivity contribution in [2.45, 2.75) is 33.6 Å². The van der Waals surface area contributed by atoms with Crippen LogP contribution in [-0.2, 0) is 0 Å². The maximum absolute atomic E-state index is 12.3. The molecule has 1 N–H and O–H groups in total. The number of benzene rings is 1. The number of rotatable bonds is 5. The van der Waals surface area contributed by atoms with Gasteiger partial charge in [-0.3, -0.25) is 4.79 Å². The van der Waals surface area contributed by atoms with E-state index in [4.69, 9.17) is 4.74 Å². The average molecular weight is 299 g/mol. The maximum Gasteiger partial charge on any atom is 0.259 e. The molecular weight excluding hydrogens is 278 g/mol. The summed E-state index contributed by atoms with van der Waals surface area (Å²) in [5.74, 6) is 1.55. The number of nitrogens with zero attached hydrogens (tertiary/aromatic N) is 2. The lowest BCUT2D eigenvalue weighted by molar-refractivity contribution is 0.102. The molecule has 0 spiro atoms. The molecule has 0 saturated heterocycles. The first-order valence-electron chi connectivity index (χ1n) is 7.39. The molecular formula is C17H21N3O2. The van der Waals surface area contributed by atoms with E-state index in [0.717, 1.165) is 11.6 Å². The second-order valence-electron chi connectivity index (χ2n) is 5.29. The number of carbonyl (C=O) groups excluding carboxylic acids is 1. The number of ether oxygens (including phenoxy) is 1. The number of anilines is 1. The van der Waals surface area contributed by atoms with E-state index in [2.05, 4.69) is 15.3 Å². The highest BCUT2D eigenvalue weighted by Gasteiger charge is 2.13. The van der Waals surface area contributed by atoms with E-state index in [1.165, 1.54) is 0 Å². The summed E-state index contributed by atoms with van der Waals surface area (Å²) in [5.41, 5.74) is 1.88. The van der Waals surface area contributed by atoms with Crippen LogP contribution in [0.4, 0.5) is 5.69 Å². The van der Waals surface area contributed by atoms with Crippen LogP contribution in [0.3, 0.4) is 0 Å². The Morgan fingerprint density at radius 3 is 2.50 bits per heavy atom. The van der Waals surface area contributed by atoms with Crippen molar-refractivity contribution in [1.29, 1.82) is 0 Å². The van der Waals surface area contributed by atoms with Gasteiger partial charge in [0.1, 0.15) is 11.6 Å². The molecule has 1 aromatic heterocycles. The number of hydrogen-bond acceptors (Lipinski definition) is 4. The summed E-state index contributed by atoms with van der Waals surface area (Å²) in [6, 6.07) is 7.26. The third kappa shape index (κ3) is 3.81. The fourth-order valence-electron chi connectivity index (χ4n) is 1.99. The van der Waals surface area contributed by atoms with E-state index >= 15 is 0 Å². The molecule has 0 aliphatic carbocycles. The van der Waals surface area contributed by atoms with Gasteiger partial charge in [-0.1, -0.05) is 13.8 Å². The summed E-state index contributed by atoms with van der Waals surface area (Å²) >= 11 is 0. The standard InChI is InChI=1S/C17H21N3O2/c1-5-22-14-8-6-13(7-9-14)20-17(21)15-10-18-16(11(2)3)19-12(15)4/h6-11H,5H2,1-4H3,(H,20,21). The lowest BCUT2D eigenvalue weighted by atomic mass is 10.1. The lowest BCUT2D eigenvalue weighted by Gasteiger charge is -2.10. The normalized spacial score (nSPS) is 10.6. The molecule has 22 heavy (non-hydrogen) atoms. The molecule has 2 rings (SSSR count). The van der Waals surface area contributed by atoms with Crippen LogP contribution in [0.2, 0.25) is 0 Å². The SMILES string of the molecule is CCOc1ccc(NC(=O)c2cnc(C(C)C)nc2C)cc1. The summed E-state index contributed by atoms with van der Waals surface area (Å²) in [5, 5.41) is 2.84. The van der Waals surface area contributed by atoms with Gasteiger partial charge in [-0.25, -0.2) is 9.97 Å². The van der Waals surface area contributed by atoms with Gasteiger partial charge >= 0.3 is 0 Å². The number of amides is 1. The number of hydrogen-bond donors (Lipinski definition) is 1. The van der Waals surface area contributed by atoms with Crippen LogP contribution >= 0.6 is 0 Å². The van der Waals surface area contributed by atoms with Crippen molar-refractivity contribution in [2.75, 3.05) is 11.9 Å². The second-order valence-corrected chi connectivity index (χ2v) is 5.29.